The predicted octanol–water partition coefficient (Wildman–Crippen LogP) is 1.62. The van der Waals surface area contributed by atoms with Crippen molar-refractivity contribution in [2.24, 2.45) is 0 Å². The molecular weight excluding hydrogens is 252 g/mol. The summed E-state index contributed by atoms with van der Waals surface area (Å²) in [4.78, 5) is 0.0409. The van der Waals surface area contributed by atoms with Crippen molar-refractivity contribution in [1.29, 1.82) is 0 Å². The van der Waals surface area contributed by atoms with Gasteiger partial charge in [-0.2, -0.15) is 8.42 Å². The average molecular weight is 264 g/mol. The summed E-state index contributed by atoms with van der Waals surface area (Å²) in [7, 11) is -3.86. The molecular formula is C12H12N2O3S. The lowest BCUT2D eigenvalue weighted by atomic mass is 10.3. The molecule has 6 heteroatoms. The summed E-state index contributed by atoms with van der Waals surface area (Å²) >= 11 is 0. The van der Waals surface area contributed by atoms with Crippen LogP contribution in [0.2, 0.25) is 0 Å². The topological polar surface area (TPSA) is 95.4 Å². The van der Waals surface area contributed by atoms with Crippen LogP contribution in [0, 0.1) is 0 Å². The summed E-state index contributed by atoms with van der Waals surface area (Å²) in [5.74, 6) is 0.173. The minimum Gasteiger partial charge on any atom is -0.399 e. The second-order valence-electron chi connectivity index (χ2n) is 3.68. The molecule has 0 amide bonds. The Labute approximate surface area is 105 Å². The molecule has 94 valence electrons. The van der Waals surface area contributed by atoms with Gasteiger partial charge in [0, 0.05) is 17.4 Å². The van der Waals surface area contributed by atoms with E-state index in [1.54, 1.807) is 12.1 Å². The lowest BCUT2D eigenvalue weighted by Crippen LogP contribution is -2.09. The molecule has 0 spiro atoms. The van der Waals surface area contributed by atoms with Gasteiger partial charge in [0.1, 0.15) is 10.6 Å². The molecule has 2 aromatic carbocycles. The van der Waals surface area contributed by atoms with Crippen LogP contribution in [-0.4, -0.2) is 8.42 Å². The molecule has 0 heterocycles. The number of hydrogen-bond acceptors (Lipinski definition) is 5. The van der Waals surface area contributed by atoms with E-state index < -0.39 is 10.1 Å². The number of rotatable bonds is 3. The largest absolute Gasteiger partial charge is 0.399 e. The Hall–Kier alpha value is -2.21. The Morgan fingerprint density at radius 1 is 0.889 bits per heavy atom. The second kappa shape index (κ2) is 4.58. The molecule has 0 saturated heterocycles. The van der Waals surface area contributed by atoms with Gasteiger partial charge in [-0.25, -0.2) is 0 Å². The predicted molar refractivity (Wildman–Crippen MR) is 69.5 cm³/mol. The smallest absolute Gasteiger partial charge is 0.339 e. The van der Waals surface area contributed by atoms with Gasteiger partial charge in [0.05, 0.1) is 0 Å². The first-order valence-electron chi connectivity index (χ1n) is 5.13. The van der Waals surface area contributed by atoms with E-state index in [1.165, 1.54) is 36.4 Å². The molecule has 0 saturated carbocycles. The Kier molecular flexibility index (Phi) is 3.12. The van der Waals surface area contributed by atoms with Crippen LogP contribution >= 0.6 is 0 Å². The van der Waals surface area contributed by atoms with Gasteiger partial charge in [0.25, 0.3) is 0 Å². The first-order chi connectivity index (χ1) is 8.47. The van der Waals surface area contributed by atoms with Gasteiger partial charge in [-0.3, -0.25) is 0 Å². The number of anilines is 2. The van der Waals surface area contributed by atoms with E-state index in [4.69, 9.17) is 15.7 Å². The summed E-state index contributed by atoms with van der Waals surface area (Å²) in [6.45, 7) is 0. The Bertz CT molecular complexity index is 651. The highest BCUT2D eigenvalue weighted by atomic mass is 32.2. The van der Waals surface area contributed by atoms with E-state index in [1.807, 2.05) is 0 Å². The van der Waals surface area contributed by atoms with E-state index in [9.17, 15) is 8.42 Å². The third-order valence-electron chi connectivity index (χ3n) is 2.23. The molecule has 5 nitrogen and oxygen atoms in total. The zero-order valence-electron chi connectivity index (χ0n) is 9.41. The fraction of sp³-hybridized carbons (Fsp3) is 0. The second-order valence-corrected chi connectivity index (χ2v) is 5.23. The highest BCUT2D eigenvalue weighted by molar-refractivity contribution is 7.87. The average Bonchev–Trinajstić information content (AvgIpc) is 2.29. The molecule has 0 radical (unpaired) electrons. The monoisotopic (exact) mass is 264 g/mol. The van der Waals surface area contributed by atoms with E-state index in [-0.39, 0.29) is 10.6 Å². The van der Waals surface area contributed by atoms with Crippen molar-refractivity contribution in [3.8, 4) is 5.75 Å². The maximum atomic E-state index is 11.9. The molecule has 2 aromatic rings. The van der Waals surface area contributed by atoms with Crippen molar-refractivity contribution in [2.45, 2.75) is 4.90 Å². The van der Waals surface area contributed by atoms with Crippen LogP contribution < -0.4 is 15.7 Å². The fourth-order valence-corrected chi connectivity index (χ4v) is 2.30. The van der Waals surface area contributed by atoms with Crippen LogP contribution in [0.3, 0.4) is 0 Å². The molecule has 0 aliphatic carbocycles. The Balaban J connectivity index is 2.30. The number of benzene rings is 2. The highest BCUT2D eigenvalue weighted by Gasteiger charge is 2.16. The van der Waals surface area contributed by atoms with Gasteiger partial charge < -0.3 is 15.7 Å². The maximum Gasteiger partial charge on any atom is 0.339 e. The van der Waals surface area contributed by atoms with Gasteiger partial charge in [0.15, 0.2) is 0 Å². The Morgan fingerprint density at radius 2 is 1.56 bits per heavy atom. The fourth-order valence-electron chi connectivity index (χ4n) is 1.38. The van der Waals surface area contributed by atoms with E-state index >= 15 is 0 Å². The highest BCUT2D eigenvalue weighted by Crippen LogP contribution is 2.21. The van der Waals surface area contributed by atoms with Crippen LogP contribution in [0.4, 0.5) is 11.4 Å². The molecule has 18 heavy (non-hydrogen) atoms. The van der Waals surface area contributed by atoms with Gasteiger partial charge in [0.2, 0.25) is 0 Å². The Morgan fingerprint density at radius 3 is 2.17 bits per heavy atom. The summed E-state index contributed by atoms with van der Waals surface area (Å²) in [5.41, 5.74) is 11.9. The van der Waals surface area contributed by atoms with Crippen molar-refractivity contribution in [2.75, 3.05) is 11.5 Å². The molecule has 0 unspecified atom stereocenters. The molecule has 0 aromatic heterocycles. The van der Waals surface area contributed by atoms with Crippen molar-refractivity contribution in [1.82, 2.24) is 0 Å². The molecule has 0 fully saturated rings. The van der Waals surface area contributed by atoms with Crippen LogP contribution in [0.15, 0.2) is 53.4 Å². The summed E-state index contributed by atoms with van der Waals surface area (Å²) in [6, 6.07) is 12.0. The molecule has 0 aliphatic rings. The molecule has 4 N–H and O–H groups in total. The normalized spacial score (nSPS) is 11.1. The van der Waals surface area contributed by atoms with Crippen LogP contribution in [0.1, 0.15) is 0 Å². The van der Waals surface area contributed by atoms with Crippen molar-refractivity contribution >= 4 is 21.5 Å². The quantitative estimate of drug-likeness (QED) is 0.648. The minimum atomic E-state index is -3.86. The minimum absolute atomic E-state index is 0.0409. The van der Waals surface area contributed by atoms with E-state index in [0.717, 1.165) is 0 Å². The van der Waals surface area contributed by atoms with Crippen molar-refractivity contribution < 1.29 is 12.6 Å². The van der Waals surface area contributed by atoms with E-state index in [0.29, 0.717) is 11.4 Å². The van der Waals surface area contributed by atoms with Crippen molar-refractivity contribution in [3.05, 3.63) is 48.5 Å². The lowest BCUT2D eigenvalue weighted by molar-refractivity contribution is 0.486. The number of nitrogens with two attached hydrogens (primary N) is 2. The SMILES string of the molecule is Nc1ccc(S(=O)(=O)Oc2cccc(N)c2)cc1. The van der Waals surface area contributed by atoms with Crippen LogP contribution in [0.5, 0.6) is 5.75 Å². The van der Waals surface area contributed by atoms with Gasteiger partial charge >= 0.3 is 10.1 Å². The maximum absolute atomic E-state index is 11.9. The first-order valence-corrected chi connectivity index (χ1v) is 6.54. The first kappa shape index (κ1) is 12.3. The van der Waals surface area contributed by atoms with Gasteiger partial charge in [-0.1, -0.05) is 6.07 Å². The summed E-state index contributed by atoms with van der Waals surface area (Å²) in [6.07, 6.45) is 0. The summed E-state index contributed by atoms with van der Waals surface area (Å²) < 4.78 is 28.8. The standard InChI is InChI=1S/C12H12N2O3S/c13-9-4-6-12(7-5-9)18(15,16)17-11-3-1-2-10(14)8-11/h1-8H,13-14H2. The van der Waals surface area contributed by atoms with Crippen LogP contribution in [-0.2, 0) is 10.1 Å². The number of hydrogen-bond donors (Lipinski definition) is 2. The third-order valence-corrected chi connectivity index (χ3v) is 3.49. The van der Waals surface area contributed by atoms with Crippen LogP contribution in [0.25, 0.3) is 0 Å². The zero-order valence-corrected chi connectivity index (χ0v) is 10.2. The summed E-state index contributed by atoms with van der Waals surface area (Å²) in [5, 5.41) is 0. The molecule has 0 bridgehead atoms. The molecule has 0 atom stereocenters. The van der Waals surface area contributed by atoms with Gasteiger partial charge in [-0.05, 0) is 36.4 Å². The molecule has 2 rings (SSSR count). The van der Waals surface area contributed by atoms with Crippen molar-refractivity contribution in [3.63, 3.8) is 0 Å². The van der Waals surface area contributed by atoms with Gasteiger partial charge in [-0.15, -0.1) is 0 Å². The molecule has 0 aliphatic heterocycles. The third kappa shape index (κ3) is 2.72. The number of nitrogen functional groups attached to an aromatic ring is 2. The van der Waals surface area contributed by atoms with E-state index in [2.05, 4.69) is 0 Å². The lowest BCUT2D eigenvalue weighted by Gasteiger charge is -2.07. The zero-order chi connectivity index (χ0) is 13.2.